The normalized spacial score (nSPS) is 15.9. The van der Waals surface area contributed by atoms with Crippen molar-refractivity contribution in [2.24, 2.45) is 0 Å². The van der Waals surface area contributed by atoms with Gasteiger partial charge in [0.2, 0.25) is 5.91 Å². The number of hydrogen-bond acceptors (Lipinski definition) is 3. The Morgan fingerprint density at radius 2 is 1.73 bits per heavy atom. The molecule has 0 aromatic heterocycles. The van der Waals surface area contributed by atoms with Crippen LogP contribution < -0.4 is 4.72 Å². The molecule has 7 heteroatoms. The molecule has 0 spiro atoms. The first-order valence-electron chi connectivity index (χ1n) is 7.45. The average molecular weight is 325 g/mol. The molecule has 1 aromatic rings. The molecule has 0 aliphatic carbocycles. The molecule has 1 aliphatic rings. The van der Waals surface area contributed by atoms with E-state index in [2.05, 4.69) is 4.72 Å². The summed E-state index contributed by atoms with van der Waals surface area (Å²) in [6, 6.07) is 6.93. The summed E-state index contributed by atoms with van der Waals surface area (Å²) >= 11 is 0. The van der Waals surface area contributed by atoms with Crippen LogP contribution in [0.5, 0.6) is 0 Å². The van der Waals surface area contributed by atoms with E-state index in [0.717, 1.165) is 35.8 Å². The maximum atomic E-state index is 12.2. The van der Waals surface area contributed by atoms with Crippen molar-refractivity contribution < 1.29 is 13.2 Å². The van der Waals surface area contributed by atoms with E-state index in [4.69, 9.17) is 0 Å². The number of carbonyl (C=O) groups is 1. The summed E-state index contributed by atoms with van der Waals surface area (Å²) in [6.45, 7) is 1.69. The Balaban J connectivity index is 1.95. The Bertz CT molecular complexity index is 605. The van der Waals surface area contributed by atoms with E-state index < -0.39 is 10.2 Å². The van der Waals surface area contributed by atoms with E-state index in [1.807, 2.05) is 4.90 Å². The van der Waals surface area contributed by atoms with Gasteiger partial charge in [-0.2, -0.15) is 12.7 Å². The van der Waals surface area contributed by atoms with Gasteiger partial charge in [0.25, 0.3) is 0 Å². The van der Waals surface area contributed by atoms with E-state index >= 15 is 0 Å². The lowest BCUT2D eigenvalue weighted by molar-refractivity contribution is -0.131. The summed E-state index contributed by atoms with van der Waals surface area (Å²) < 4.78 is 27.0. The lowest BCUT2D eigenvalue weighted by Crippen LogP contribution is -2.36. The number of nitrogens with zero attached hydrogens (tertiary/aromatic N) is 2. The van der Waals surface area contributed by atoms with Gasteiger partial charge in [0.15, 0.2) is 0 Å². The van der Waals surface area contributed by atoms with Crippen LogP contribution in [-0.2, 0) is 21.4 Å². The van der Waals surface area contributed by atoms with Gasteiger partial charge < -0.3 is 4.90 Å². The minimum Gasteiger partial charge on any atom is -0.342 e. The maximum absolute atomic E-state index is 12.2. The molecule has 1 N–H and O–H groups in total. The monoisotopic (exact) mass is 325 g/mol. The summed E-state index contributed by atoms with van der Waals surface area (Å²) in [4.78, 5) is 14.1. The molecular formula is C15H23N3O3S. The number of rotatable bonds is 5. The Kier molecular flexibility index (Phi) is 5.42. The number of likely N-dealkylation sites (tertiary alicyclic amines) is 1. The molecule has 0 atom stereocenters. The third-order valence-electron chi connectivity index (χ3n) is 3.75. The predicted octanol–water partition coefficient (Wildman–Crippen LogP) is 1.46. The molecule has 0 bridgehead atoms. The smallest absolute Gasteiger partial charge is 0.301 e. The van der Waals surface area contributed by atoms with Crippen molar-refractivity contribution in [2.75, 3.05) is 31.9 Å². The lowest BCUT2D eigenvalue weighted by atomic mass is 10.1. The number of piperidine rings is 1. The van der Waals surface area contributed by atoms with E-state index in [1.54, 1.807) is 24.3 Å². The van der Waals surface area contributed by atoms with Gasteiger partial charge in [0.1, 0.15) is 0 Å². The van der Waals surface area contributed by atoms with Gasteiger partial charge in [0, 0.05) is 32.9 Å². The van der Waals surface area contributed by atoms with Crippen molar-refractivity contribution in [1.82, 2.24) is 9.21 Å². The van der Waals surface area contributed by atoms with Gasteiger partial charge in [-0.05, 0) is 37.0 Å². The van der Waals surface area contributed by atoms with Crippen LogP contribution in [0.2, 0.25) is 0 Å². The van der Waals surface area contributed by atoms with Crippen LogP contribution in [0.15, 0.2) is 24.3 Å². The Morgan fingerprint density at radius 3 is 2.27 bits per heavy atom. The van der Waals surface area contributed by atoms with Gasteiger partial charge in [0.05, 0.1) is 6.42 Å². The second-order valence-electron chi connectivity index (χ2n) is 5.70. The van der Waals surface area contributed by atoms with Gasteiger partial charge in [-0.15, -0.1) is 0 Å². The molecule has 1 aromatic carbocycles. The van der Waals surface area contributed by atoms with Crippen molar-refractivity contribution in [3.63, 3.8) is 0 Å². The highest BCUT2D eigenvalue weighted by atomic mass is 32.2. The first-order valence-corrected chi connectivity index (χ1v) is 8.89. The quantitative estimate of drug-likeness (QED) is 0.891. The highest BCUT2D eigenvalue weighted by Crippen LogP contribution is 2.15. The zero-order valence-electron chi connectivity index (χ0n) is 13.1. The molecular weight excluding hydrogens is 302 g/mol. The van der Waals surface area contributed by atoms with E-state index in [0.29, 0.717) is 12.1 Å². The highest BCUT2D eigenvalue weighted by Gasteiger charge is 2.17. The van der Waals surface area contributed by atoms with Crippen molar-refractivity contribution in [1.29, 1.82) is 0 Å². The van der Waals surface area contributed by atoms with Crippen LogP contribution in [0.3, 0.4) is 0 Å². The van der Waals surface area contributed by atoms with Crippen LogP contribution in [0.25, 0.3) is 0 Å². The molecule has 1 saturated heterocycles. The molecule has 22 heavy (non-hydrogen) atoms. The fraction of sp³-hybridized carbons (Fsp3) is 0.533. The summed E-state index contributed by atoms with van der Waals surface area (Å²) in [5.41, 5.74) is 1.38. The second kappa shape index (κ2) is 7.11. The highest BCUT2D eigenvalue weighted by molar-refractivity contribution is 7.90. The van der Waals surface area contributed by atoms with E-state index in [-0.39, 0.29) is 5.91 Å². The molecule has 1 aliphatic heterocycles. The van der Waals surface area contributed by atoms with Gasteiger partial charge in [-0.1, -0.05) is 12.1 Å². The maximum Gasteiger partial charge on any atom is 0.301 e. The Hall–Kier alpha value is -1.60. The zero-order valence-corrected chi connectivity index (χ0v) is 13.9. The summed E-state index contributed by atoms with van der Waals surface area (Å²) in [5, 5.41) is 0. The topological polar surface area (TPSA) is 69.7 Å². The Morgan fingerprint density at radius 1 is 1.14 bits per heavy atom. The lowest BCUT2D eigenvalue weighted by Gasteiger charge is -2.26. The molecule has 1 fully saturated rings. The minimum atomic E-state index is -3.50. The SMILES string of the molecule is CN(C)S(=O)(=O)Nc1ccc(CC(=O)N2CCCCC2)cc1. The standard InChI is InChI=1S/C15H23N3O3S/c1-17(2)22(20,21)16-14-8-6-13(7-9-14)12-15(19)18-10-4-3-5-11-18/h6-9,16H,3-5,10-12H2,1-2H3. The first-order chi connectivity index (χ1) is 10.4. The fourth-order valence-electron chi connectivity index (χ4n) is 2.36. The van der Waals surface area contributed by atoms with Crippen molar-refractivity contribution >= 4 is 21.8 Å². The number of anilines is 1. The van der Waals surface area contributed by atoms with Crippen LogP contribution in [0.1, 0.15) is 24.8 Å². The molecule has 6 nitrogen and oxygen atoms in total. The van der Waals surface area contributed by atoms with Crippen LogP contribution in [-0.4, -0.2) is 50.7 Å². The van der Waals surface area contributed by atoms with Crippen molar-refractivity contribution in [3.05, 3.63) is 29.8 Å². The van der Waals surface area contributed by atoms with Gasteiger partial charge in [-0.25, -0.2) is 0 Å². The fourth-order valence-corrected chi connectivity index (χ4v) is 2.98. The van der Waals surface area contributed by atoms with E-state index in [1.165, 1.54) is 20.5 Å². The van der Waals surface area contributed by atoms with Crippen LogP contribution in [0, 0.1) is 0 Å². The largest absolute Gasteiger partial charge is 0.342 e. The molecule has 1 heterocycles. The number of hydrogen-bond donors (Lipinski definition) is 1. The summed E-state index contributed by atoms with van der Waals surface area (Å²) in [5.74, 6) is 0.140. The van der Waals surface area contributed by atoms with Crippen LogP contribution in [0.4, 0.5) is 5.69 Å². The van der Waals surface area contributed by atoms with Crippen molar-refractivity contribution in [2.45, 2.75) is 25.7 Å². The summed E-state index contributed by atoms with van der Waals surface area (Å²) in [6.07, 6.45) is 3.72. The number of carbonyl (C=O) groups excluding carboxylic acids is 1. The molecule has 1 amide bonds. The number of amides is 1. The first kappa shape index (κ1) is 16.8. The van der Waals surface area contributed by atoms with Crippen molar-refractivity contribution in [3.8, 4) is 0 Å². The average Bonchev–Trinajstić information content (AvgIpc) is 2.49. The number of benzene rings is 1. The Labute approximate surface area is 132 Å². The predicted molar refractivity (Wildman–Crippen MR) is 86.8 cm³/mol. The molecule has 0 radical (unpaired) electrons. The molecule has 0 unspecified atom stereocenters. The van der Waals surface area contributed by atoms with E-state index in [9.17, 15) is 13.2 Å². The third-order valence-corrected chi connectivity index (χ3v) is 5.20. The third kappa shape index (κ3) is 4.45. The second-order valence-corrected chi connectivity index (χ2v) is 7.59. The molecule has 2 rings (SSSR count). The molecule has 0 saturated carbocycles. The summed E-state index contributed by atoms with van der Waals surface area (Å²) in [7, 11) is -0.564. The van der Waals surface area contributed by atoms with Gasteiger partial charge >= 0.3 is 10.2 Å². The number of nitrogens with one attached hydrogen (secondary N) is 1. The van der Waals surface area contributed by atoms with Gasteiger partial charge in [-0.3, -0.25) is 9.52 Å². The van der Waals surface area contributed by atoms with Crippen LogP contribution >= 0.6 is 0 Å². The minimum absolute atomic E-state index is 0.140. The molecule has 122 valence electrons. The zero-order chi connectivity index (χ0) is 16.2.